The first-order chi connectivity index (χ1) is 9.99. The number of benzene rings is 1. The molecule has 0 aliphatic rings. The van der Waals surface area contributed by atoms with E-state index in [1.807, 2.05) is 22.6 Å². The maximum atomic E-state index is 13.0. The molecule has 0 N–H and O–H groups in total. The van der Waals surface area contributed by atoms with Gasteiger partial charge < -0.3 is 9.47 Å². The van der Waals surface area contributed by atoms with Gasteiger partial charge in [0.05, 0.1) is 19.9 Å². The second-order valence-electron chi connectivity index (χ2n) is 3.89. The minimum absolute atomic E-state index is 0.00859. The van der Waals surface area contributed by atoms with Gasteiger partial charge >= 0.3 is 11.9 Å². The Bertz CT molecular complexity index is 697. The molecule has 0 radical (unpaired) electrons. The van der Waals surface area contributed by atoms with Crippen molar-refractivity contribution in [1.82, 2.24) is 9.78 Å². The van der Waals surface area contributed by atoms with Gasteiger partial charge in [-0.25, -0.2) is 18.7 Å². The number of aromatic nitrogens is 2. The van der Waals surface area contributed by atoms with Crippen molar-refractivity contribution in [3.8, 4) is 5.69 Å². The van der Waals surface area contributed by atoms with Gasteiger partial charge in [0, 0.05) is 0 Å². The molecule has 0 aliphatic carbocycles. The first-order valence-corrected chi connectivity index (χ1v) is 6.78. The lowest BCUT2D eigenvalue weighted by molar-refractivity contribution is 0.0551. The summed E-state index contributed by atoms with van der Waals surface area (Å²) in [5.41, 5.74) is 0.355. The highest BCUT2D eigenvalue weighted by molar-refractivity contribution is 14.1. The third-order valence-corrected chi connectivity index (χ3v) is 3.66. The molecule has 0 saturated heterocycles. The third kappa shape index (κ3) is 2.89. The smallest absolute Gasteiger partial charge is 0.359 e. The fourth-order valence-corrected chi connectivity index (χ4v) is 2.54. The maximum absolute atomic E-state index is 13.0. The lowest BCUT2D eigenvalue weighted by atomic mass is 10.2. The molecular weight excluding hydrogens is 394 g/mol. The summed E-state index contributed by atoms with van der Waals surface area (Å²) in [4.78, 5) is 23.6. The van der Waals surface area contributed by atoms with Crippen LogP contribution in [0.25, 0.3) is 5.69 Å². The molecule has 0 fully saturated rings. The summed E-state index contributed by atoms with van der Waals surface area (Å²) in [5, 5.41) is 4.06. The monoisotopic (exact) mass is 404 g/mol. The molecule has 1 aromatic carbocycles. The highest BCUT2D eigenvalue weighted by Gasteiger charge is 2.28. The first kappa shape index (κ1) is 15.4. The lowest BCUT2D eigenvalue weighted by Gasteiger charge is -2.03. The van der Waals surface area contributed by atoms with Crippen LogP contribution in [0.3, 0.4) is 0 Å². The van der Waals surface area contributed by atoms with Gasteiger partial charge in [0.25, 0.3) is 0 Å². The van der Waals surface area contributed by atoms with E-state index in [-0.39, 0.29) is 11.3 Å². The lowest BCUT2D eigenvalue weighted by Crippen LogP contribution is -2.11. The van der Waals surface area contributed by atoms with Crippen LogP contribution in [-0.4, -0.2) is 35.9 Å². The average molecular weight is 404 g/mol. The molecule has 0 bridgehead atoms. The van der Waals surface area contributed by atoms with Gasteiger partial charge in [0.2, 0.25) is 0 Å². The van der Waals surface area contributed by atoms with Gasteiger partial charge in [0.1, 0.15) is 15.1 Å². The summed E-state index contributed by atoms with van der Waals surface area (Å²) in [6.07, 6.45) is 0. The number of halogens is 2. The predicted octanol–water partition coefficient (Wildman–Crippen LogP) is 2.19. The van der Waals surface area contributed by atoms with Crippen LogP contribution in [0.2, 0.25) is 0 Å². The maximum Gasteiger partial charge on any atom is 0.359 e. The Morgan fingerprint density at radius 2 is 1.71 bits per heavy atom. The molecule has 2 aromatic rings. The molecule has 8 heteroatoms. The van der Waals surface area contributed by atoms with E-state index in [4.69, 9.17) is 0 Å². The Balaban J connectivity index is 2.63. The fourth-order valence-electron chi connectivity index (χ4n) is 1.67. The molecule has 0 amide bonds. The third-order valence-electron chi connectivity index (χ3n) is 2.67. The van der Waals surface area contributed by atoms with Crippen molar-refractivity contribution in [3.05, 3.63) is 45.0 Å². The normalized spacial score (nSPS) is 10.3. The van der Waals surface area contributed by atoms with Gasteiger partial charge in [-0.15, -0.1) is 0 Å². The quantitative estimate of drug-likeness (QED) is 0.580. The Kier molecular flexibility index (Phi) is 4.56. The molecule has 6 nitrogen and oxygen atoms in total. The van der Waals surface area contributed by atoms with E-state index in [9.17, 15) is 14.0 Å². The molecule has 0 aliphatic heterocycles. The van der Waals surface area contributed by atoms with Crippen LogP contribution in [0.15, 0.2) is 24.3 Å². The van der Waals surface area contributed by atoms with Crippen molar-refractivity contribution in [2.75, 3.05) is 14.2 Å². The molecule has 0 atom stereocenters. The molecule has 21 heavy (non-hydrogen) atoms. The van der Waals surface area contributed by atoms with Crippen molar-refractivity contribution < 1.29 is 23.5 Å². The number of esters is 2. The van der Waals surface area contributed by atoms with Gasteiger partial charge in [0.15, 0.2) is 5.69 Å². The van der Waals surface area contributed by atoms with Crippen LogP contribution < -0.4 is 0 Å². The first-order valence-electron chi connectivity index (χ1n) is 5.70. The zero-order valence-corrected chi connectivity index (χ0v) is 13.3. The van der Waals surface area contributed by atoms with Crippen molar-refractivity contribution in [1.29, 1.82) is 0 Å². The zero-order chi connectivity index (χ0) is 15.6. The Hall–Kier alpha value is -1.97. The number of rotatable bonds is 3. The van der Waals surface area contributed by atoms with E-state index < -0.39 is 17.8 Å². The minimum atomic E-state index is -0.755. The number of methoxy groups -OCH3 is 2. The standard InChI is InChI=1S/C13H10FIN2O4/c1-20-12(18)9-10(13(19)21-2)16-17(11(9)15)8-5-3-7(14)4-6-8/h3-6H,1-2H3. The molecule has 2 rings (SSSR count). The molecule has 1 aromatic heterocycles. The van der Waals surface area contributed by atoms with Crippen molar-refractivity contribution in [2.45, 2.75) is 0 Å². The van der Waals surface area contributed by atoms with Crippen LogP contribution in [0.5, 0.6) is 0 Å². The molecule has 0 saturated carbocycles. The summed E-state index contributed by atoms with van der Waals surface area (Å²) in [6, 6.07) is 5.46. The summed E-state index contributed by atoms with van der Waals surface area (Å²) in [6.45, 7) is 0. The van der Waals surface area contributed by atoms with Crippen molar-refractivity contribution in [2.24, 2.45) is 0 Å². The van der Waals surface area contributed by atoms with Crippen LogP contribution in [-0.2, 0) is 9.47 Å². The van der Waals surface area contributed by atoms with Crippen LogP contribution in [0.1, 0.15) is 20.8 Å². The zero-order valence-electron chi connectivity index (χ0n) is 11.1. The molecular formula is C13H10FIN2O4. The SMILES string of the molecule is COC(=O)c1nn(-c2ccc(F)cc2)c(I)c1C(=O)OC. The van der Waals surface area contributed by atoms with Gasteiger partial charge in [-0.3, -0.25) is 0 Å². The van der Waals surface area contributed by atoms with E-state index in [1.54, 1.807) is 0 Å². The largest absolute Gasteiger partial charge is 0.465 e. The summed E-state index contributed by atoms with van der Waals surface area (Å²) in [5.74, 6) is -1.86. The predicted molar refractivity (Wildman–Crippen MR) is 78.9 cm³/mol. The molecule has 110 valence electrons. The van der Waals surface area contributed by atoms with Crippen LogP contribution >= 0.6 is 22.6 Å². The number of ether oxygens (including phenoxy) is 2. The van der Waals surface area contributed by atoms with Crippen LogP contribution in [0.4, 0.5) is 4.39 Å². The summed E-state index contributed by atoms with van der Waals surface area (Å²) < 4.78 is 24.0. The van der Waals surface area contributed by atoms with Crippen LogP contribution in [0, 0.1) is 9.52 Å². The average Bonchev–Trinajstić information content (AvgIpc) is 2.84. The van der Waals surface area contributed by atoms with Gasteiger partial charge in [-0.1, -0.05) is 0 Å². The molecule has 0 spiro atoms. The Morgan fingerprint density at radius 3 is 2.24 bits per heavy atom. The van der Waals surface area contributed by atoms with Crippen molar-refractivity contribution >= 4 is 34.5 Å². The number of nitrogens with zero attached hydrogens (tertiary/aromatic N) is 2. The summed E-state index contributed by atoms with van der Waals surface area (Å²) in [7, 11) is 2.39. The topological polar surface area (TPSA) is 70.4 Å². The Morgan fingerprint density at radius 1 is 1.14 bits per heavy atom. The van der Waals surface area contributed by atoms with Gasteiger partial charge in [-0.2, -0.15) is 5.10 Å². The van der Waals surface area contributed by atoms with E-state index in [0.717, 1.165) is 0 Å². The van der Waals surface area contributed by atoms with E-state index in [1.165, 1.54) is 43.2 Å². The van der Waals surface area contributed by atoms with Crippen molar-refractivity contribution in [3.63, 3.8) is 0 Å². The number of hydrogen-bond donors (Lipinski definition) is 0. The summed E-state index contributed by atoms with van der Waals surface area (Å²) >= 11 is 1.86. The van der Waals surface area contributed by atoms with Gasteiger partial charge in [-0.05, 0) is 46.9 Å². The number of carbonyl (C=O) groups excluding carboxylic acids is 2. The van der Waals surface area contributed by atoms with E-state index in [0.29, 0.717) is 9.39 Å². The fraction of sp³-hybridized carbons (Fsp3) is 0.154. The number of hydrogen-bond acceptors (Lipinski definition) is 5. The minimum Gasteiger partial charge on any atom is -0.465 e. The second-order valence-corrected chi connectivity index (χ2v) is 4.91. The highest BCUT2D eigenvalue weighted by Crippen LogP contribution is 2.22. The van der Waals surface area contributed by atoms with E-state index in [2.05, 4.69) is 14.6 Å². The Labute approximate surface area is 133 Å². The number of carbonyl (C=O) groups is 2. The second kappa shape index (κ2) is 6.20. The molecule has 0 unspecified atom stereocenters. The highest BCUT2D eigenvalue weighted by atomic mass is 127. The van der Waals surface area contributed by atoms with E-state index >= 15 is 0 Å². The molecule has 1 heterocycles.